The normalized spacial score (nSPS) is 12.7. The van der Waals surface area contributed by atoms with Gasteiger partial charge in [0.1, 0.15) is 11.4 Å². The van der Waals surface area contributed by atoms with Crippen molar-refractivity contribution in [2.45, 2.75) is 0 Å². The van der Waals surface area contributed by atoms with E-state index in [1.807, 2.05) is 0 Å². The van der Waals surface area contributed by atoms with Crippen molar-refractivity contribution in [3.05, 3.63) is 188 Å². The summed E-state index contributed by atoms with van der Waals surface area (Å²) in [7, 11) is 0. The lowest BCUT2D eigenvalue weighted by Gasteiger charge is -2.34. The molecule has 8 rings (SSSR count). The summed E-state index contributed by atoms with van der Waals surface area (Å²) in [5, 5.41) is 0. The highest BCUT2D eigenvalue weighted by Gasteiger charge is 2.47. The lowest BCUT2D eigenvalue weighted by Crippen LogP contribution is -2.31. The van der Waals surface area contributed by atoms with E-state index in [1.165, 1.54) is 45.0 Å². The summed E-state index contributed by atoms with van der Waals surface area (Å²) in [6, 6.07) is 67.7. The minimum absolute atomic E-state index is 0.546. The molecule has 0 atom stereocenters. The number of rotatable bonds is 6. The lowest BCUT2D eigenvalue weighted by atomic mass is 10.0. The molecule has 0 amide bonds. The molecule has 2 nitrogen and oxygen atoms in total. The molecule has 0 unspecified atom stereocenters. The maximum atomic E-state index is 2.33. The molecule has 7 aromatic rings. The number of hydrogen-bond donors (Lipinski definition) is 0. The molecule has 0 radical (unpaired) electrons. The first-order valence-electron chi connectivity index (χ1n) is 15.1. The van der Waals surface area contributed by atoms with Crippen LogP contribution in [-0.4, -0.2) is 0 Å². The molecule has 208 valence electrons. The van der Waals surface area contributed by atoms with Gasteiger partial charge in [0.25, 0.3) is 0 Å². The van der Waals surface area contributed by atoms with Crippen molar-refractivity contribution in [2.24, 2.45) is 0 Å². The van der Waals surface area contributed by atoms with Crippen LogP contribution in [0, 0.1) is 0 Å². The van der Waals surface area contributed by atoms with Gasteiger partial charge in [-0.15, -0.1) is 0 Å². The van der Waals surface area contributed by atoms with E-state index in [-0.39, 0.29) is 0 Å². The van der Waals surface area contributed by atoms with Gasteiger partial charge in [-0.05, 0) is 59.7 Å². The zero-order valence-electron chi connectivity index (χ0n) is 24.3. The van der Waals surface area contributed by atoms with Crippen LogP contribution in [0.1, 0.15) is 0 Å². The van der Waals surface area contributed by atoms with Gasteiger partial charge >= 0.3 is 0 Å². The van der Waals surface area contributed by atoms with Crippen LogP contribution in [-0.2, 0) is 0 Å². The van der Waals surface area contributed by atoms with E-state index in [0.717, 1.165) is 17.1 Å². The Bertz CT molecular complexity index is 1990. The number of nitrogens with zero attached hydrogens (tertiary/aromatic N) is 2. The summed E-state index contributed by atoms with van der Waals surface area (Å²) >= 11 is 0. The molecule has 1 aliphatic rings. The molecule has 7 aromatic carbocycles. The summed E-state index contributed by atoms with van der Waals surface area (Å²) in [6.07, 6.45) is 0. The van der Waals surface area contributed by atoms with Gasteiger partial charge in [-0.1, -0.05) is 103 Å². The molecule has 0 N–H and O–H groups in total. The Labute approximate surface area is 258 Å². The van der Waals surface area contributed by atoms with Crippen molar-refractivity contribution in [1.82, 2.24) is 4.48 Å². The maximum Gasteiger partial charge on any atom is 0.156 e. The van der Waals surface area contributed by atoms with Crippen molar-refractivity contribution in [2.75, 3.05) is 4.90 Å². The Morgan fingerprint density at radius 3 is 1.25 bits per heavy atom. The van der Waals surface area contributed by atoms with E-state index in [4.69, 9.17) is 0 Å². The van der Waals surface area contributed by atoms with E-state index >= 15 is 0 Å². The molecule has 0 bridgehead atoms. The van der Waals surface area contributed by atoms with Crippen molar-refractivity contribution in [1.29, 1.82) is 0 Å². The molecule has 44 heavy (non-hydrogen) atoms. The third-order valence-electron chi connectivity index (χ3n) is 8.71. The average molecular weight is 564 g/mol. The van der Waals surface area contributed by atoms with E-state index < -0.39 is 0 Å². The third kappa shape index (κ3) is 4.16. The first kappa shape index (κ1) is 26.0. The zero-order valence-corrected chi connectivity index (χ0v) is 24.3. The van der Waals surface area contributed by atoms with Gasteiger partial charge < -0.3 is 4.90 Å². The molecule has 0 saturated heterocycles. The van der Waals surface area contributed by atoms with E-state index in [0.29, 0.717) is 4.48 Å². The minimum Gasteiger partial charge on any atom is -0.310 e. The SMILES string of the molecule is c1ccc(-c2ccc(N(c3ccccc3)c3ccc([N+]4(c5ccccc5)c5ccccc5-c5ccccc54)cc3)cc2)cc1. The Morgan fingerprint density at radius 2 is 0.682 bits per heavy atom. The van der Waals surface area contributed by atoms with Crippen molar-refractivity contribution < 1.29 is 0 Å². The average Bonchev–Trinajstić information content (AvgIpc) is 3.41. The van der Waals surface area contributed by atoms with Gasteiger partial charge in [0, 0.05) is 53.5 Å². The minimum atomic E-state index is 0.546. The van der Waals surface area contributed by atoms with E-state index in [2.05, 4.69) is 193 Å². The van der Waals surface area contributed by atoms with Crippen molar-refractivity contribution >= 4 is 39.8 Å². The highest BCUT2D eigenvalue weighted by molar-refractivity contribution is 6.02. The highest BCUT2D eigenvalue weighted by atomic mass is 15.4. The fourth-order valence-electron chi connectivity index (χ4n) is 6.76. The third-order valence-corrected chi connectivity index (χ3v) is 8.71. The molecular weight excluding hydrogens is 532 g/mol. The van der Waals surface area contributed by atoms with Crippen LogP contribution in [0.3, 0.4) is 0 Å². The van der Waals surface area contributed by atoms with Crippen LogP contribution in [0.5, 0.6) is 0 Å². The molecule has 1 heterocycles. The number of para-hydroxylation sites is 4. The van der Waals surface area contributed by atoms with Gasteiger partial charge in [-0.25, -0.2) is 0 Å². The van der Waals surface area contributed by atoms with Crippen molar-refractivity contribution in [3.63, 3.8) is 0 Å². The summed E-state index contributed by atoms with van der Waals surface area (Å²) < 4.78 is 0.546. The van der Waals surface area contributed by atoms with Crippen LogP contribution in [0.2, 0.25) is 0 Å². The molecular formula is C42H31N2+. The second-order valence-corrected chi connectivity index (χ2v) is 11.1. The zero-order chi connectivity index (χ0) is 29.3. The maximum absolute atomic E-state index is 2.33. The predicted octanol–water partition coefficient (Wildman–Crippen LogP) is 12.1. The number of fused-ring (bicyclic) bond motifs is 3. The van der Waals surface area contributed by atoms with E-state index in [9.17, 15) is 0 Å². The lowest BCUT2D eigenvalue weighted by molar-refractivity contribution is 0.721. The second kappa shape index (κ2) is 10.9. The van der Waals surface area contributed by atoms with Gasteiger partial charge in [0.05, 0.1) is 11.1 Å². The molecule has 0 spiro atoms. The second-order valence-electron chi connectivity index (χ2n) is 11.1. The molecule has 1 aliphatic heterocycles. The van der Waals surface area contributed by atoms with Crippen LogP contribution in [0.4, 0.5) is 39.8 Å². The van der Waals surface area contributed by atoms with Crippen LogP contribution in [0.15, 0.2) is 188 Å². The van der Waals surface area contributed by atoms with Gasteiger partial charge in [0.15, 0.2) is 11.4 Å². The van der Waals surface area contributed by atoms with E-state index in [1.54, 1.807) is 0 Å². The van der Waals surface area contributed by atoms with Crippen molar-refractivity contribution in [3.8, 4) is 22.3 Å². The van der Waals surface area contributed by atoms with Gasteiger partial charge in [-0.3, -0.25) is 0 Å². The Balaban J connectivity index is 1.28. The smallest absolute Gasteiger partial charge is 0.156 e. The largest absolute Gasteiger partial charge is 0.310 e. The summed E-state index contributed by atoms with van der Waals surface area (Å²) in [6.45, 7) is 0. The molecule has 0 aromatic heterocycles. The Hall–Kier alpha value is -5.70. The topological polar surface area (TPSA) is 3.24 Å². The number of hydrogen-bond acceptors (Lipinski definition) is 1. The predicted molar refractivity (Wildman–Crippen MR) is 186 cm³/mol. The van der Waals surface area contributed by atoms with Crippen LogP contribution >= 0.6 is 0 Å². The van der Waals surface area contributed by atoms with Gasteiger partial charge in [-0.2, -0.15) is 4.48 Å². The Morgan fingerprint density at radius 1 is 0.295 bits per heavy atom. The molecule has 0 fully saturated rings. The number of anilines is 3. The first-order valence-corrected chi connectivity index (χ1v) is 15.1. The quantitative estimate of drug-likeness (QED) is 0.182. The first-order chi connectivity index (χ1) is 21.8. The fraction of sp³-hybridized carbons (Fsp3) is 0. The fourth-order valence-corrected chi connectivity index (χ4v) is 6.76. The molecule has 0 aliphatic carbocycles. The number of benzene rings is 7. The Kier molecular flexibility index (Phi) is 6.40. The monoisotopic (exact) mass is 563 g/mol. The standard InChI is InChI=1S/C42H31N2/c1-4-14-32(15-5-1)33-24-26-35(27-25-33)43(34-16-6-2-7-17-34)36-28-30-38(31-29-36)44(37-18-8-3-9-19-37)41-22-12-10-20-39(41)40-21-11-13-23-42(40)44/h1-31H/q+1. The highest BCUT2D eigenvalue weighted by Crippen LogP contribution is 2.62. The summed E-state index contributed by atoms with van der Waals surface area (Å²) in [5.41, 5.74) is 13.3. The van der Waals surface area contributed by atoms with Crippen LogP contribution in [0.25, 0.3) is 22.3 Å². The molecule has 0 saturated carbocycles. The molecule has 2 heteroatoms. The van der Waals surface area contributed by atoms with Gasteiger partial charge in [0.2, 0.25) is 0 Å². The number of quaternary nitrogens is 1. The summed E-state index contributed by atoms with van der Waals surface area (Å²) in [4.78, 5) is 2.33. The van der Waals surface area contributed by atoms with Crippen LogP contribution < -0.4 is 9.38 Å². The summed E-state index contributed by atoms with van der Waals surface area (Å²) in [5.74, 6) is 0.